The monoisotopic (exact) mass is 1120 g/mol. The number of nitrogen functional groups attached to an aromatic ring is 2. The molecule has 0 aliphatic carbocycles. The number of hydrogen-bond acceptors (Lipinski definition) is 23. The zero-order valence-corrected chi connectivity index (χ0v) is 43.1. The summed E-state index contributed by atoms with van der Waals surface area (Å²) in [6, 6.07) is 0. The van der Waals surface area contributed by atoms with Crippen LogP contribution in [0.4, 0.5) is 61.8 Å². The Morgan fingerprint density at radius 3 is 1.33 bits per heavy atom. The van der Waals surface area contributed by atoms with Gasteiger partial charge in [0, 0.05) is 103 Å². The van der Waals surface area contributed by atoms with Gasteiger partial charge in [0.2, 0.25) is 29.7 Å². The van der Waals surface area contributed by atoms with E-state index in [2.05, 4.69) is 55.2 Å². The third-order valence-corrected chi connectivity index (χ3v) is 12.5. The van der Waals surface area contributed by atoms with Gasteiger partial charge in [-0.2, -0.15) is 26.3 Å². The van der Waals surface area contributed by atoms with Crippen molar-refractivity contribution in [3.63, 3.8) is 0 Å². The third kappa shape index (κ3) is 14.9. The maximum absolute atomic E-state index is 13.9. The summed E-state index contributed by atoms with van der Waals surface area (Å²) in [5.41, 5.74) is 12.7. The summed E-state index contributed by atoms with van der Waals surface area (Å²) in [5, 5.41) is 29.0. The van der Waals surface area contributed by atoms with Gasteiger partial charge in [-0.15, -0.1) is 0 Å². The molecule has 4 fully saturated rings. The van der Waals surface area contributed by atoms with Crippen LogP contribution in [-0.4, -0.2) is 221 Å². The van der Waals surface area contributed by atoms with Gasteiger partial charge >= 0.3 is 18.3 Å². The standard InChI is InChI=1S/C23H29F3N10O3.C19H23F3N10O.C4H8O3/c1-14(37)10-16(38)33-2-4-35(5-3-33)22-30-17-19(34-6-8-39-9-7-34)31-18(15-11-28-21(27)29-12-15)32-20(17)36(22)13-23(24,25)26;20-19(21,22)11-32-16-13(27-18(32)31-3-1-24-2-4-31)15(30-5-7-33-8-6-30)28-14(29-16)12-9-25-17(23)26-10-12;1-3(5)2-4(6)7/h11-12,14,37H,2-10,13H2,1H3,(H2,27,28,29);9-10,24H,1-8,11H2,(H2,23,25,26);3,5H,2H2,1H3,(H,6,7)/t14-;;3-/m0.0/s1. The molecule has 1 amide bonds. The summed E-state index contributed by atoms with van der Waals surface area (Å²) in [5.74, 6) is 0.499. The van der Waals surface area contributed by atoms with Crippen molar-refractivity contribution >= 4 is 69.6 Å². The molecule has 6 aromatic rings. The topological polar surface area (TPSA) is 332 Å². The van der Waals surface area contributed by atoms with Gasteiger partial charge in [-0.3, -0.25) is 18.7 Å². The van der Waals surface area contributed by atoms with Gasteiger partial charge in [0.05, 0.1) is 62.6 Å². The first-order chi connectivity index (χ1) is 37.6. The number of aliphatic hydroxyl groups is 2. The molecule has 0 saturated carbocycles. The van der Waals surface area contributed by atoms with Crippen LogP contribution >= 0.6 is 0 Å². The normalized spacial score (nSPS) is 17.3. The number of imidazole rings is 2. The molecule has 0 bridgehead atoms. The van der Waals surface area contributed by atoms with E-state index in [1.165, 1.54) is 38.6 Å². The Balaban J connectivity index is 0.000000188. The van der Waals surface area contributed by atoms with E-state index >= 15 is 0 Å². The predicted octanol–water partition coefficient (Wildman–Crippen LogP) is 1.20. The number of rotatable bonds is 12. The number of carboxylic acids is 1. The van der Waals surface area contributed by atoms with Crippen LogP contribution in [0.1, 0.15) is 26.7 Å². The number of ether oxygens (including phenoxy) is 2. The first-order valence-electron chi connectivity index (χ1n) is 25.2. The lowest BCUT2D eigenvalue weighted by atomic mass is 10.2. The molecule has 8 N–H and O–H groups in total. The van der Waals surface area contributed by atoms with Crippen LogP contribution in [0.3, 0.4) is 0 Å². The number of piperazine rings is 2. The molecule has 6 aromatic heterocycles. The van der Waals surface area contributed by atoms with E-state index in [9.17, 15) is 41.0 Å². The van der Waals surface area contributed by atoms with E-state index in [0.717, 1.165) is 9.13 Å². The highest BCUT2D eigenvalue weighted by Crippen LogP contribution is 2.36. The van der Waals surface area contributed by atoms with Gasteiger partial charge < -0.3 is 66.1 Å². The van der Waals surface area contributed by atoms with Crippen molar-refractivity contribution in [2.45, 2.75) is 64.3 Å². The number of anilines is 6. The Morgan fingerprint density at radius 1 is 0.582 bits per heavy atom. The Labute approximate surface area is 446 Å². The molecular formula is C46H60F6N20O7. The van der Waals surface area contributed by atoms with Gasteiger partial charge in [0.15, 0.2) is 45.6 Å². The molecule has 27 nitrogen and oxygen atoms in total. The zero-order valence-electron chi connectivity index (χ0n) is 43.1. The molecule has 4 aliphatic rings. The minimum absolute atomic E-state index is 0.0112. The number of amides is 1. The fraction of sp³-hybridized carbons (Fsp3) is 0.565. The van der Waals surface area contributed by atoms with Crippen LogP contribution in [0.5, 0.6) is 0 Å². The number of nitrogens with one attached hydrogen (secondary N) is 1. The maximum atomic E-state index is 13.9. The van der Waals surface area contributed by atoms with Crippen LogP contribution < -0.4 is 36.4 Å². The smallest absolute Gasteiger partial charge is 0.406 e. The van der Waals surface area contributed by atoms with Gasteiger partial charge in [-0.1, -0.05) is 0 Å². The number of morpholine rings is 2. The first kappa shape index (κ1) is 57.6. The lowest BCUT2D eigenvalue weighted by Crippen LogP contribution is -2.50. The minimum Gasteiger partial charge on any atom is -0.481 e. The maximum Gasteiger partial charge on any atom is 0.406 e. The molecule has 0 aromatic carbocycles. The van der Waals surface area contributed by atoms with Crippen molar-refractivity contribution in [1.29, 1.82) is 0 Å². The molecule has 428 valence electrons. The summed E-state index contributed by atoms with van der Waals surface area (Å²) in [6.45, 7) is 7.86. The van der Waals surface area contributed by atoms with E-state index < -0.39 is 43.6 Å². The second kappa shape index (κ2) is 25.0. The molecule has 0 radical (unpaired) electrons. The molecule has 10 rings (SSSR count). The van der Waals surface area contributed by atoms with Crippen LogP contribution in [0.25, 0.3) is 45.1 Å². The summed E-state index contributed by atoms with van der Waals surface area (Å²) >= 11 is 0. The quantitative estimate of drug-likeness (QED) is 0.0938. The first-order valence-corrected chi connectivity index (χ1v) is 25.2. The summed E-state index contributed by atoms with van der Waals surface area (Å²) in [6.07, 6.45) is -4.94. The van der Waals surface area contributed by atoms with Crippen LogP contribution in [0, 0.1) is 0 Å². The molecule has 0 spiro atoms. The number of hydrogen-bond donors (Lipinski definition) is 6. The van der Waals surface area contributed by atoms with Crippen molar-refractivity contribution < 1.29 is 60.7 Å². The summed E-state index contributed by atoms with van der Waals surface area (Å²) < 4.78 is 95.6. The van der Waals surface area contributed by atoms with Crippen molar-refractivity contribution in [1.82, 2.24) is 69.2 Å². The molecule has 4 saturated heterocycles. The molecule has 33 heteroatoms. The fourth-order valence-electron chi connectivity index (χ4n) is 8.89. The van der Waals surface area contributed by atoms with E-state index in [0.29, 0.717) is 107 Å². The number of carboxylic acid groups (broad SMARTS) is 1. The Bertz CT molecular complexity index is 3010. The van der Waals surface area contributed by atoms with Gasteiger partial charge in [-0.05, 0) is 13.8 Å². The number of carbonyl (C=O) groups is 2. The van der Waals surface area contributed by atoms with Gasteiger partial charge in [0.1, 0.15) is 13.1 Å². The highest BCUT2D eigenvalue weighted by molar-refractivity contribution is 5.89. The number of alkyl halides is 6. The predicted molar refractivity (Wildman–Crippen MR) is 274 cm³/mol. The average Bonchev–Trinajstić information content (AvgIpc) is 4.22. The highest BCUT2D eigenvalue weighted by Gasteiger charge is 2.37. The number of halogens is 6. The van der Waals surface area contributed by atoms with Crippen LogP contribution in [0.2, 0.25) is 0 Å². The summed E-state index contributed by atoms with van der Waals surface area (Å²) in [4.78, 5) is 74.6. The van der Waals surface area contributed by atoms with E-state index in [1.807, 2.05) is 14.7 Å². The van der Waals surface area contributed by atoms with Gasteiger partial charge in [0.25, 0.3) is 0 Å². The molecule has 10 heterocycles. The third-order valence-electron chi connectivity index (χ3n) is 12.5. The number of aromatic nitrogens is 12. The number of aliphatic hydroxyl groups excluding tert-OH is 2. The second-order valence-electron chi connectivity index (χ2n) is 18.8. The fourth-order valence-corrected chi connectivity index (χ4v) is 8.89. The lowest BCUT2D eigenvalue weighted by molar-refractivity contribution is -0.140. The Hall–Kier alpha value is -7.62. The Kier molecular flexibility index (Phi) is 18.2. The largest absolute Gasteiger partial charge is 0.481 e. The van der Waals surface area contributed by atoms with E-state index in [-0.39, 0.29) is 97.2 Å². The number of fused-ring (bicyclic) bond motifs is 2. The van der Waals surface area contributed by atoms with Crippen LogP contribution in [0.15, 0.2) is 24.8 Å². The number of aliphatic carboxylic acids is 1. The van der Waals surface area contributed by atoms with E-state index in [4.69, 9.17) is 31.2 Å². The minimum atomic E-state index is -4.55. The molecule has 2 atom stereocenters. The molecule has 0 unspecified atom stereocenters. The molecule has 4 aliphatic heterocycles. The Morgan fingerprint density at radius 2 is 0.975 bits per heavy atom. The molecule has 79 heavy (non-hydrogen) atoms. The van der Waals surface area contributed by atoms with Crippen molar-refractivity contribution in [2.24, 2.45) is 0 Å². The van der Waals surface area contributed by atoms with Crippen molar-refractivity contribution in [3.8, 4) is 22.8 Å². The number of nitrogens with zero attached hydrogens (tertiary/aromatic N) is 17. The summed E-state index contributed by atoms with van der Waals surface area (Å²) in [7, 11) is 0. The van der Waals surface area contributed by atoms with Crippen molar-refractivity contribution in [2.75, 3.05) is 136 Å². The zero-order chi connectivity index (χ0) is 56.6. The lowest BCUT2D eigenvalue weighted by Gasteiger charge is -2.35. The average molecular weight is 1120 g/mol. The van der Waals surface area contributed by atoms with Crippen molar-refractivity contribution in [3.05, 3.63) is 24.8 Å². The van der Waals surface area contributed by atoms with Gasteiger partial charge in [-0.25, -0.2) is 49.8 Å². The van der Waals surface area contributed by atoms with Crippen LogP contribution in [-0.2, 0) is 32.2 Å². The second-order valence-corrected chi connectivity index (χ2v) is 18.8. The number of nitrogens with two attached hydrogens (primary N) is 2. The number of carbonyl (C=O) groups excluding carboxylic acids is 1. The van der Waals surface area contributed by atoms with E-state index in [1.54, 1.807) is 9.80 Å². The highest BCUT2D eigenvalue weighted by atomic mass is 19.4. The molecular weight excluding hydrogens is 1060 g/mol. The SMILES string of the molecule is C[C@H](O)CC(=O)N1CCN(c2nc3c(N4CCOCC4)nc(-c4cnc(N)nc4)nc3n2CC(F)(F)F)CC1.C[C@H](O)CC(=O)O.Nc1ncc(-c2nc(N3CCOCC3)c3nc(N4CCNCC4)n(CC(F)(F)F)c3n2)cn1.